The quantitative estimate of drug-likeness (QED) is 0.0345. The lowest BCUT2D eigenvalue weighted by atomic mass is 9.78. The van der Waals surface area contributed by atoms with Gasteiger partial charge in [0.25, 0.3) is 0 Å². The zero-order valence-corrected chi connectivity index (χ0v) is 43.3. The van der Waals surface area contributed by atoms with Crippen molar-refractivity contribution in [2.75, 3.05) is 46.2 Å². The summed E-state index contributed by atoms with van der Waals surface area (Å²) in [5.41, 5.74) is 8.13. The van der Waals surface area contributed by atoms with Crippen molar-refractivity contribution < 1.29 is 47.6 Å². The number of ether oxygens (including phenoxy) is 6. The molecule has 4 heterocycles. The van der Waals surface area contributed by atoms with Crippen molar-refractivity contribution in [2.24, 2.45) is 28.8 Å². The Morgan fingerprint density at radius 2 is 1.80 bits per heavy atom. The molecule has 20 heteroatoms. The van der Waals surface area contributed by atoms with Crippen LogP contribution in [0.2, 0.25) is 0 Å². The van der Waals surface area contributed by atoms with Crippen LogP contribution in [-0.4, -0.2) is 149 Å². The second-order valence-electron chi connectivity index (χ2n) is 21.0. The van der Waals surface area contributed by atoms with E-state index in [0.29, 0.717) is 63.1 Å². The van der Waals surface area contributed by atoms with E-state index in [-0.39, 0.29) is 43.7 Å². The van der Waals surface area contributed by atoms with Gasteiger partial charge in [-0.25, -0.2) is 9.59 Å². The van der Waals surface area contributed by atoms with Crippen LogP contribution in [0.25, 0.3) is 21.7 Å². The normalized spacial score (nSPS) is 32.4. The van der Waals surface area contributed by atoms with E-state index >= 15 is 0 Å². The number of aryl methyl sites for hydroxylation is 1. The highest BCUT2D eigenvalue weighted by Crippen LogP contribution is 2.41. The molecule has 5 rings (SSSR count). The Balaban J connectivity index is 0.0000107. The molecule has 1 aromatic heterocycles. The molecule has 0 radical (unpaired) electrons. The molecule has 0 spiro atoms. The van der Waals surface area contributed by atoms with Gasteiger partial charge in [0.15, 0.2) is 17.7 Å². The summed E-state index contributed by atoms with van der Waals surface area (Å²) >= 11 is 0. The first-order valence-electron chi connectivity index (χ1n) is 24.5. The third kappa shape index (κ3) is 14.0. The summed E-state index contributed by atoms with van der Waals surface area (Å²) in [6.45, 7) is 22.0. The number of esters is 1. The van der Waals surface area contributed by atoms with Gasteiger partial charge in [0.05, 0.1) is 36.6 Å². The fourth-order valence-corrected chi connectivity index (χ4v) is 10.4. The number of benzene rings is 1. The van der Waals surface area contributed by atoms with Gasteiger partial charge >= 0.3 is 18.2 Å². The van der Waals surface area contributed by atoms with Crippen LogP contribution in [-0.2, 0) is 44.6 Å². The average Bonchev–Trinajstić information content (AvgIpc) is 3.87. The molecule has 2 aromatic rings. The minimum atomic E-state index is -1.27. The van der Waals surface area contributed by atoms with Crippen LogP contribution in [0.4, 0.5) is 15.3 Å². The lowest BCUT2D eigenvalue weighted by molar-refractivity contribution is -0.281. The second kappa shape index (κ2) is 24.5. The Bertz CT molecular complexity index is 2130. The predicted molar refractivity (Wildman–Crippen MR) is 266 cm³/mol. The topological polar surface area (TPSA) is 234 Å². The first kappa shape index (κ1) is 57.7. The maximum atomic E-state index is 14.6. The van der Waals surface area contributed by atoms with Crippen LogP contribution in [0.1, 0.15) is 116 Å². The van der Waals surface area contributed by atoms with Crippen LogP contribution in [0.3, 0.4) is 0 Å². The molecule has 70 heavy (non-hydrogen) atoms. The number of nitrogens with zero attached hydrogens (tertiary/aromatic N) is 8. The number of azide groups is 1. The minimum Gasteiger partial charge on any atom is -0.458 e. The molecule has 3 aliphatic rings. The maximum absolute atomic E-state index is 14.6. The van der Waals surface area contributed by atoms with Gasteiger partial charge in [-0.3, -0.25) is 24.5 Å². The SMILES string of the molecule is C.CC[C@H]1OC(=O)[C@H](C)C(=O)[C@H](C)[C@@H](O[C@@H]2OC(CN=[N+]=[N-])CC(N(C)C)C2C)[C@](C)(OC)C[C@@H](C)CN[C@H](C)[C@H]2N(CCCCn3cc(-c4cccc(NC(=O)OC(C)(C)C)c4)nn3)C(=O)O[C@]12C. The van der Waals surface area contributed by atoms with Gasteiger partial charge in [-0.05, 0) is 125 Å². The second-order valence-corrected chi connectivity index (χ2v) is 21.0. The van der Waals surface area contributed by atoms with Crippen LogP contribution in [0, 0.1) is 23.7 Å². The molecular weight excluding hydrogens is 901 g/mol. The summed E-state index contributed by atoms with van der Waals surface area (Å²) in [5.74, 6) is -3.31. The number of rotatable bonds is 14. The summed E-state index contributed by atoms with van der Waals surface area (Å²) in [4.78, 5) is 61.9. The monoisotopic (exact) mass is 983 g/mol. The number of hydrogen-bond donors (Lipinski definition) is 2. The number of carbonyl (C=O) groups excluding carboxylic acids is 4. The molecule has 3 saturated heterocycles. The van der Waals surface area contributed by atoms with Crippen molar-refractivity contribution >= 4 is 29.6 Å². The number of carbonyl (C=O) groups is 4. The number of aromatic nitrogens is 3. The number of nitrogens with one attached hydrogen (secondary N) is 2. The van der Waals surface area contributed by atoms with Gasteiger partial charge in [-0.1, -0.05) is 57.6 Å². The fourth-order valence-electron chi connectivity index (χ4n) is 10.4. The molecule has 0 aliphatic carbocycles. The number of cyclic esters (lactones) is 1. The third-order valence-corrected chi connectivity index (χ3v) is 14.0. The molecule has 20 nitrogen and oxygen atoms in total. The van der Waals surface area contributed by atoms with Crippen molar-refractivity contribution in [2.45, 2.75) is 182 Å². The van der Waals surface area contributed by atoms with E-state index in [2.05, 4.69) is 42.8 Å². The molecule has 3 aliphatic heterocycles. The van der Waals surface area contributed by atoms with Crippen molar-refractivity contribution in [1.82, 2.24) is 30.1 Å². The van der Waals surface area contributed by atoms with E-state index in [1.165, 1.54) is 0 Å². The Morgan fingerprint density at radius 1 is 1.10 bits per heavy atom. The summed E-state index contributed by atoms with van der Waals surface area (Å²) < 4.78 is 39.4. The molecule has 2 N–H and O–H groups in total. The molecule has 3 fully saturated rings. The van der Waals surface area contributed by atoms with Crippen LogP contribution >= 0.6 is 0 Å². The maximum Gasteiger partial charge on any atom is 0.412 e. The third-order valence-electron chi connectivity index (χ3n) is 14.0. The molecule has 392 valence electrons. The van der Waals surface area contributed by atoms with Crippen molar-refractivity contribution in [3.63, 3.8) is 0 Å². The zero-order chi connectivity index (χ0) is 51.0. The Labute approximate surface area is 415 Å². The van der Waals surface area contributed by atoms with Crippen LogP contribution < -0.4 is 10.6 Å². The minimum absolute atomic E-state index is 0. The Kier molecular flexibility index (Phi) is 20.2. The predicted octanol–water partition coefficient (Wildman–Crippen LogP) is 8.25. The standard InChI is InChI=1S/C49H78N10O10.CH4/c1-15-39-49(11)41(59(46(63)69-49)22-17-16-21-58-28-37(54-56-58)34-19-18-20-35(23-34)53-45(62)68-47(7,8)9)33(6)51-26-29(2)25-48(10,64-14)42(31(4)40(60)32(5)43(61)66-39)67-44-30(3)38(57(12)13)24-36(65-44)27-52-55-50;/h18-20,23,28-33,36,38-39,41-42,44,51H,15-17,21-22,24-27H2,1-14H3,(H,53,62);1H4/t29-,30?,31+,32-,33-,36?,38?,39-,41-,42-,44+,48-,49-;/m1./s1. The Hall–Kier alpha value is -4.85. The van der Waals surface area contributed by atoms with E-state index < -0.39 is 77.4 Å². The van der Waals surface area contributed by atoms with Crippen molar-refractivity contribution in [1.29, 1.82) is 0 Å². The zero-order valence-electron chi connectivity index (χ0n) is 43.3. The first-order valence-corrected chi connectivity index (χ1v) is 24.5. The molecule has 3 unspecified atom stereocenters. The van der Waals surface area contributed by atoms with Gasteiger partial charge < -0.3 is 38.6 Å². The molecular formula is C50H82N10O10. The number of Topliss-reactive ketones (excluding diaryl/α,β-unsaturated/α-hetero) is 1. The fraction of sp³-hybridized carbons (Fsp3) is 0.760. The first-order chi connectivity index (χ1) is 32.4. The van der Waals surface area contributed by atoms with Crippen LogP contribution in [0.15, 0.2) is 35.6 Å². The number of anilines is 1. The summed E-state index contributed by atoms with van der Waals surface area (Å²) in [6, 6.07) is 6.43. The summed E-state index contributed by atoms with van der Waals surface area (Å²) in [5, 5.41) is 19.0. The van der Waals surface area contributed by atoms with Crippen molar-refractivity contribution in [3.05, 3.63) is 40.9 Å². The number of unbranched alkanes of at least 4 members (excludes halogenated alkanes) is 1. The lowest BCUT2D eigenvalue weighted by Gasteiger charge is -2.47. The van der Waals surface area contributed by atoms with Crippen molar-refractivity contribution in [3.8, 4) is 11.3 Å². The lowest BCUT2D eigenvalue weighted by Crippen LogP contribution is -2.61. The van der Waals surface area contributed by atoms with E-state index in [1.54, 1.807) is 63.4 Å². The van der Waals surface area contributed by atoms with Gasteiger partial charge in [-0.2, -0.15) is 0 Å². The molecule has 0 bridgehead atoms. The van der Waals surface area contributed by atoms with Crippen LogP contribution in [0.5, 0.6) is 0 Å². The molecule has 1 aromatic carbocycles. The highest BCUT2D eigenvalue weighted by molar-refractivity contribution is 6.00. The highest BCUT2D eigenvalue weighted by Gasteiger charge is 2.58. The van der Waals surface area contributed by atoms with E-state index in [9.17, 15) is 19.2 Å². The van der Waals surface area contributed by atoms with Gasteiger partial charge in [-0.15, -0.1) is 5.10 Å². The highest BCUT2D eigenvalue weighted by atomic mass is 16.7. The number of ketones is 1. The molecule has 13 atom stereocenters. The molecule has 0 saturated carbocycles. The van der Waals surface area contributed by atoms with E-state index in [4.69, 9.17) is 34.0 Å². The number of fused-ring (bicyclic) bond motifs is 1. The largest absolute Gasteiger partial charge is 0.458 e. The summed E-state index contributed by atoms with van der Waals surface area (Å²) in [6.07, 6.45) is 0.519. The van der Waals surface area contributed by atoms with Gasteiger partial charge in [0.1, 0.15) is 23.3 Å². The van der Waals surface area contributed by atoms with Gasteiger partial charge in [0.2, 0.25) is 0 Å². The van der Waals surface area contributed by atoms with E-state index in [0.717, 1.165) is 5.56 Å². The summed E-state index contributed by atoms with van der Waals surface area (Å²) in [7, 11) is 5.57. The Morgan fingerprint density at radius 3 is 2.44 bits per heavy atom. The molecule has 2 amide bonds. The number of amides is 2. The number of hydrogen-bond acceptors (Lipinski definition) is 15. The average molecular weight is 983 g/mol. The number of methoxy groups -OCH3 is 1. The van der Waals surface area contributed by atoms with E-state index in [1.807, 2.05) is 67.0 Å². The van der Waals surface area contributed by atoms with Gasteiger partial charge in [0, 0.05) is 60.3 Å². The smallest absolute Gasteiger partial charge is 0.412 e.